The number of methoxy groups -OCH3 is 1. The zero-order valence-electron chi connectivity index (χ0n) is 8.05. The molecule has 0 aromatic heterocycles. The van der Waals surface area contributed by atoms with E-state index in [-0.39, 0.29) is 44.3 Å². The third-order valence-corrected chi connectivity index (χ3v) is 1.40. The number of benzene rings is 1. The molecule has 0 bridgehead atoms. The Bertz CT molecular complexity index is 271. The van der Waals surface area contributed by atoms with E-state index in [1.54, 1.807) is 25.3 Å². The van der Waals surface area contributed by atoms with E-state index in [9.17, 15) is 4.79 Å². The first-order chi connectivity index (χ1) is 5.24. The Morgan fingerprint density at radius 2 is 2.15 bits per heavy atom. The summed E-state index contributed by atoms with van der Waals surface area (Å²) >= 11 is 0. The largest absolute Gasteiger partial charge is 2.00 e. The summed E-state index contributed by atoms with van der Waals surface area (Å²) in [5.74, 6) is 0.634. The van der Waals surface area contributed by atoms with Gasteiger partial charge >= 0.3 is 31.1 Å². The van der Waals surface area contributed by atoms with Crippen LogP contribution in [-0.4, -0.2) is 12.9 Å². The van der Waals surface area contributed by atoms with Crippen molar-refractivity contribution in [3.8, 4) is 5.75 Å². The van der Waals surface area contributed by atoms with Crippen molar-refractivity contribution in [2.75, 3.05) is 7.11 Å². The van der Waals surface area contributed by atoms with Crippen LogP contribution in [0.15, 0.2) is 18.2 Å². The van der Waals surface area contributed by atoms with Gasteiger partial charge in [0.1, 0.15) is 5.78 Å². The quantitative estimate of drug-likeness (QED) is 0.560. The molecule has 1 aromatic carbocycles. The second-order valence-electron chi connectivity index (χ2n) is 2.20. The number of hydrogen-bond donors (Lipinski definition) is 0. The number of ketones is 1. The van der Waals surface area contributed by atoms with Crippen LogP contribution in [0.5, 0.6) is 5.75 Å². The molecule has 0 atom stereocenters. The standard InChI is InChI=1S/C9H9O2.CH3.U/c1-7(10)8-4-3-5-9(6-8)11-2;;/h3-4,6H,1-2H3;1H3;/q2*-1;+2. The van der Waals surface area contributed by atoms with Crippen molar-refractivity contribution in [1.29, 1.82) is 0 Å². The van der Waals surface area contributed by atoms with Crippen LogP contribution in [0.25, 0.3) is 0 Å². The molecule has 0 saturated heterocycles. The van der Waals surface area contributed by atoms with E-state index < -0.39 is 0 Å². The van der Waals surface area contributed by atoms with Crippen molar-refractivity contribution in [1.82, 2.24) is 0 Å². The average Bonchev–Trinajstić information content (AvgIpc) is 2.05. The maximum absolute atomic E-state index is 10.8. The van der Waals surface area contributed by atoms with Crippen molar-refractivity contribution >= 4 is 5.78 Å². The molecule has 1 aromatic rings. The Labute approximate surface area is 103 Å². The molecule has 0 aliphatic heterocycles. The van der Waals surface area contributed by atoms with Gasteiger partial charge in [-0.25, -0.2) is 0 Å². The number of carbonyl (C=O) groups excluding carboxylic acids is 1. The smallest absolute Gasteiger partial charge is 0.523 e. The summed E-state index contributed by atoms with van der Waals surface area (Å²) in [6.07, 6.45) is 0. The van der Waals surface area contributed by atoms with E-state index in [1.807, 2.05) is 0 Å². The fourth-order valence-corrected chi connectivity index (χ4v) is 0.781. The van der Waals surface area contributed by atoms with Gasteiger partial charge < -0.3 is 12.2 Å². The van der Waals surface area contributed by atoms with Gasteiger partial charge in [-0.2, -0.15) is 12.1 Å². The van der Waals surface area contributed by atoms with Gasteiger partial charge in [0.05, 0.1) is 7.11 Å². The first-order valence-electron chi connectivity index (χ1n) is 3.30. The normalized spacial score (nSPS) is 7.85. The monoisotopic (exact) mass is 402 g/mol. The van der Waals surface area contributed by atoms with Crippen LogP contribution in [0.4, 0.5) is 0 Å². The zero-order chi connectivity index (χ0) is 8.27. The van der Waals surface area contributed by atoms with Crippen LogP contribution in [0.3, 0.4) is 0 Å². The minimum atomic E-state index is 0. The van der Waals surface area contributed by atoms with Crippen molar-refractivity contribution in [2.24, 2.45) is 0 Å². The first-order valence-corrected chi connectivity index (χ1v) is 3.30. The van der Waals surface area contributed by atoms with Gasteiger partial charge in [-0.05, 0) is 6.92 Å². The molecule has 0 amide bonds. The third kappa shape index (κ3) is 4.50. The fraction of sp³-hybridized carbons (Fsp3) is 0.200. The molecule has 2 nitrogen and oxygen atoms in total. The van der Waals surface area contributed by atoms with Crippen molar-refractivity contribution < 1.29 is 40.6 Å². The Kier molecular flexibility index (Phi) is 8.40. The van der Waals surface area contributed by atoms with E-state index in [2.05, 4.69) is 6.07 Å². The molecule has 0 aliphatic rings. The first kappa shape index (κ1) is 15.2. The molecule has 0 fully saturated rings. The van der Waals surface area contributed by atoms with Gasteiger partial charge in [-0.15, -0.1) is 12.1 Å². The van der Waals surface area contributed by atoms with Crippen molar-refractivity contribution in [3.63, 3.8) is 0 Å². The molecule has 13 heavy (non-hydrogen) atoms. The maximum Gasteiger partial charge on any atom is 2.00 e. The van der Waals surface area contributed by atoms with Crippen LogP contribution in [0.1, 0.15) is 17.3 Å². The number of Topliss-reactive ketones (excluding diaryl/α,β-unsaturated/α-hetero) is 1. The van der Waals surface area contributed by atoms with Gasteiger partial charge in [-0.3, -0.25) is 4.79 Å². The second-order valence-corrected chi connectivity index (χ2v) is 2.20. The summed E-state index contributed by atoms with van der Waals surface area (Å²) in [4.78, 5) is 10.8. The summed E-state index contributed by atoms with van der Waals surface area (Å²) in [6.45, 7) is 1.52. The number of carbonyl (C=O) groups is 1. The van der Waals surface area contributed by atoms with E-state index in [1.165, 1.54) is 6.92 Å². The second kappa shape index (κ2) is 7.17. The molecule has 3 heteroatoms. The van der Waals surface area contributed by atoms with Gasteiger partial charge in [0, 0.05) is 5.75 Å². The summed E-state index contributed by atoms with van der Waals surface area (Å²) < 4.78 is 4.90. The maximum atomic E-state index is 10.8. The molecule has 0 saturated carbocycles. The third-order valence-electron chi connectivity index (χ3n) is 1.40. The molecule has 68 valence electrons. The van der Waals surface area contributed by atoms with Crippen LogP contribution < -0.4 is 4.74 Å². The van der Waals surface area contributed by atoms with Crippen LogP contribution in [0.2, 0.25) is 0 Å². The predicted octanol–water partition coefficient (Wildman–Crippen LogP) is 2.15. The molecule has 0 N–H and O–H groups in total. The topological polar surface area (TPSA) is 26.3 Å². The molecule has 0 radical (unpaired) electrons. The number of hydrogen-bond acceptors (Lipinski definition) is 2. The van der Waals surface area contributed by atoms with E-state index >= 15 is 0 Å². The molecule has 1 rings (SSSR count). The Morgan fingerprint density at radius 3 is 2.62 bits per heavy atom. The van der Waals surface area contributed by atoms with Gasteiger partial charge in [0.15, 0.2) is 0 Å². The molecular formula is C10H12O2U. The van der Waals surface area contributed by atoms with Gasteiger partial charge in [0.2, 0.25) is 0 Å². The number of rotatable bonds is 2. The zero-order valence-corrected chi connectivity index (χ0v) is 12.2. The summed E-state index contributed by atoms with van der Waals surface area (Å²) in [7, 11) is 1.55. The summed E-state index contributed by atoms with van der Waals surface area (Å²) in [6, 6.07) is 7.90. The van der Waals surface area contributed by atoms with E-state index in [0.29, 0.717) is 11.3 Å². The molecule has 0 unspecified atom stereocenters. The van der Waals surface area contributed by atoms with E-state index in [4.69, 9.17) is 4.74 Å². The predicted molar refractivity (Wildman–Crippen MR) is 48.2 cm³/mol. The van der Waals surface area contributed by atoms with Crippen LogP contribution in [0, 0.1) is 44.6 Å². The molecule has 0 heterocycles. The summed E-state index contributed by atoms with van der Waals surface area (Å²) in [5.41, 5.74) is 0.653. The van der Waals surface area contributed by atoms with Crippen molar-refractivity contribution in [2.45, 2.75) is 6.92 Å². The minimum Gasteiger partial charge on any atom is -0.523 e. The SMILES string of the molecule is COc1[c-]ccc(C(C)=O)c1.[CH3-].[U+2]. The Hall–Kier alpha value is -0.258. The van der Waals surface area contributed by atoms with Crippen molar-refractivity contribution in [3.05, 3.63) is 37.3 Å². The molecule has 0 spiro atoms. The van der Waals surface area contributed by atoms with Gasteiger partial charge in [-0.1, -0.05) is 5.56 Å². The Balaban J connectivity index is 0. The summed E-state index contributed by atoms with van der Waals surface area (Å²) in [5, 5.41) is 0. The van der Waals surface area contributed by atoms with Crippen LogP contribution in [-0.2, 0) is 0 Å². The average molecular weight is 402 g/mol. The van der Waals surface area contributed by atoms with Crippen LogP contribution >= 0.6 is 0 Å². The number of ether oxygens (including phenoxy) is 1. The van der Waals surface area contributed by atoms with Gasteiger partial charge in [0.25, 0.3) is 0 Å². The molecule has 0 aliphatic carbocycles. The Morgan fingerprint density at radius 1 is 1.54 bits per heavy atom. The molecular weight excluding hydrogens is 390 g/mol. The minimum absolute atomic E-state index is 0. The van der Waals surface area contributed by atoms with E-state index in [0.717, 1.165) is 0 Å². The fourth-order valence-electron chi connectivity index (χ4n) is 0.781.